The molecule has 0 aliphatic carbocycles. The lowest BCUT2D eigenvalue weighted by Crippen LogP contribution is -2.45. The van der Waals surface area contributed by atoms with Crippen LogP contribution in [0.1, 0.15) is 6.42 Å². The topological polar surface area (TPSA) is 126 Å². The van der Waals surface area contributed by atoms with Crippen LogP contribution in [-0.2, 0) is 24.3 Å². The Balaban J connectivity index is 0.00000338. The van der Waals surface area contributed by atoms with Crippen LogP contribution in [0, 0.1) is 0 Å². The number of carbonyl (C=O) groups is 2. The van der Waals surface area contributed by atoms with Crippen LogP contribution in [0.4, 0.5) is 5.69 Å². The van der Waals surface area contributed by atoms with Gasteiger partial charge in [-0.1, -0.05) is 6.07 Å². The predicted octanol–water partition coefficient (Wildman–Crippen LogP) is -0.550. The zero-order chi connectivity index (χ0) is 18.3. The summed E-state index contributed by atoms with van der Waals surface area (Å²) < 4.78 is 31.0. The van der Waals surface area contributed by atoms with Crippen molar-refractivity contribution in [2.75, 3.05) is 38.7 Å². The van der Waals surface area contributed by atoms with Gasteiger partial charge in [0.1, 0.15) is 0 Å². The monoisotopic (exact) mass is 406 g/mol. The second-order valence-electron chi connectivity index (χ2n) is 5.49. The Hall–Kier alpha value is -1.72. The lowest BCUT2D eigenvalue weighted by molar-refractivity contribution is -0.125. The predicted molar refractivity (Wildman–Crippen MR) is 98.8 cm³/mol. The van der Waals surface area contributed by atoms with Crippen LogP contribution in [0.3, 0.4) is 0 Å². The highest BCUT2D eigenvalue weighted by molar-refractivity contribution is 7.89. The van der Waals surface area contributed by atoms with E-state index in [1.165, 1.54) is 25.2 Å². The summed E-state index contributed by atoms with van der Waals surface area (Å²) in [5, 5.41) is 8.23. The number of nitrogens with one attached hydrogen (secondary N) is 4. The maximum Gasteiger partial charge on any atom is 0.243 e. The van der Waals surface area contributed by atoms with Crippen molar-refractivity contribution in [3.63, 3.8) is 0 Å². The molecule has 2 rings (SSSR count). The minimum Gasteiger partial charge on any atom is -0.378 e. The molecule has 4 N–H and O–H groups in total. The van der Waals surface area contributed by atoms with Gasteiger partial charge in [-0.25, -0.2) is 13.1 Å². The molecule has 0 radical (unpaired) electrons. The Morgan fingerprint density at radius 1 is 1.31 bits per heavy atom. The van der Waals surface area contributed by atoms with E-state index in [2.05, 4.69) is 20.7 Å². The highest BCUT2D eigenvalue weighted by Gasteiger charge is 2.17. The molecule has 1 aromatic carbocycles. The van der Waals surface area contributed by atoms with E-state index in [1.54, 1.807) is 6.07 Å². The van der Waals surface area contributed by atoms with Crippen LogP contribution >= 0.6 is 12.4 Å². The van der Waals surface area contributed by atoms with Gasteiger partial charge < -0.3 is 20.7 Å². The number of rotatable bonds is 7. The number of hydrogen-bond donors (Lipinski definition) is 4. The van der Waals surface area contributed by atoms with Crippen molar-refractivity contribution in [2.45, 2.75) is 17.4 Å². The molecule has 2 amide bonds. The largest absolute Gasteiger partial charge is 0.378 e. The van der Waals surface area contributed by atoms with E-state index in [9.17, 15) is 18.0 Å². The SMILES string of the molecule is CNS(=O)(=O)c1cccc(NC(=O)CNC(=O)CC2COCCN2)c1.Cl. The molecule has 11 heteroatoms. The van der Waals surface area contributed by atoms with E-state index >= 15 is 0 Å². The number of ether oxygens (including phenoxy) is 1. The third kappa shape index (κ3) is 6.89. The van der Waals surface area contributed by atoms with Crippen molar-refractivity contribution in [1.29, 1.82) is 0 Å². The van der Waals surface area contributed by atoms with Gasteiger partial charge in [-0.05, 0) is 25.2 Å². The molecule has 1 unspecified atom stereocenters. The van der Waals surface area contributed by atoms with Crippen molar-refractivity contribution >= 4 is 39.9 Å². The van der Waals surface area contributed by atoms with Gasteiger partial charge >= 0.3 is 0 Å². The van der Waals surface area contributed by atoms with Gasteiger partial charge in [-0.15, -0.1) is 12.4 Å². The molecule has 146 valence electrons. The van der Waals surface area contributed by atoms with Gasteiger partial charge in [0.2, 0.25) is 21.8 Å². The van der Waals surface area contributed by atoms with Crippen LogP contribution in [0.5, 0.6) is 0 Å². The van der Waals surface area contributed by atoms with Gasteiger partial charge in [-0.2, -0.15) is 0 Å². The molecule has 0 spiro atoms. The van der Waals surface area contributed by atoms with Crippen LogP contribution in [0.2, 0.25) is 0 Å². The summed E-state index contributed by atoms with van der Waals surface area (Å²) in [6.07, 6.45) is 0.225. The highest BCUT2D eigenvalue weighted by atomic mass is 35.5. The number of sulfonamides is 1. The highest BCUT2D eigenvalue weighted by Crippen LogP contribution is 2.14. The maximum atomic E-state index is 11.9. The molecule has 0 saturated carbocycles. The standard InChI is InChI=1S/C15H22N4O5S.ClH/c1-16-25(22,23)13-4-2-3-11(7-13)19-15(21)9-18-14(20)8-12-10-24-6-5-17-12;/h2-4,7,12,16-17H,5-6,8-10H2,1H3,(H,18,20)(H,19,21);1H. The summed E-state index contributed by atoms with van der Waals surface area (Å²) in [5.74, 6) is -0.704. The minimum absolute atomic E-state index is 0. The fourth-order valence-electron chi connectivity index (χ4n) is 2.29. The lowest BCUT2D eigenvalue weighted by atomic mass is 10.2. The molecular formula is C15H23ClN4O5S. The first-order chi connectivity index (χ1) is 11.9. The summed E-state index contributed by atoms with van der Waals surface area (Å²) in [4.78, 5) is 23.8. The van der Waals surface area contributed by atoms with Gasteiger partial charge in [0.25, 0.3) is 0 Å². The first kappa shape index (κ1) is 22.3. The van der Waals surface area contributed by atoms with Crippen molar-refractivity contribution in [1.82, 2.24) is 15.4 Å². The molecule has 1 aromatic rings. The number of halogens is 1. The van der Waals surface area contributed by atoms with Crippen LogP contribution in [0.25, 0.3) is 0 Å². The molecule has 1 aliphatic rings. The molecule has 9 nitrogen and oxygen atoms in total. The third-order valence-corrected chi connectivity index (χ3v) is 4.99. The molecule has 1 atom stereocenters. The van der Waals surface area contributed by atoms with Crippen LogP contribution in [-0.4, -0.2) is 59.6 Å². The Labute approximate surface area is 158 Å². The Morgan fingerprint density at radius 2 is 2.08 bits per heavy atom. The van der Waals surface area contributed by atoms with Crippen LogP contribution in [0.15, 0.2) is 29.2 Å². The second kappa shape index (κ2) is 10.4. The van der Waals surface area contributed by atoms with Crippen LogP contribution < -0.4 is 20.7 Å². The number of hydrogen-bond acceptors (Lipinski definition) is 6. The van der Waals surface area contributed by atoms with E-state index in [0.717, 1.165) is 0 Å². The molecule has 1 heterocycles. The summed E-state index contributed by atoms with van der Waals surface area (Å²) in [5.41, 5.74) is 0.331. The first-order valence-corrected chi connectivity index (χ1v) is 9.30. The molecule has 1 saturated heterocycles. The fourth-order valence-corrected chi connectivity index (χ4v) is 3.07. The van der Waals surface area contributed by atoms with Crippen molar-refractivity contribution in [3.05, 3.63) is 24.3 Å². The number of anilines is 1. The average Bonchev–Trinajstić information content (AvgIpc) is 2.61. The molecule has 1 fully saturated rings. The van der Waals surface area contributed by atoms with E-state index in [1.807, 2.05) is 0 Å². The summed E-state index contributed by atoms with van der Waals surface area (Å²) >= 11 is 0. The number of benzene rings is 1. The fraction of sp³-hybridized carbons (Fsp3) is 0.467. The normalized spacial score (nSPS) is 17.0. The molecule has 1 aliphatic heterocycles. The van der Waals surface area contributed by atoms with E-state index in [0.29, 0.717) is 25.4 Å². The second-order valence-corrected chi connectivity index (χ2v) is 7.38. The number of amides is 2. The van der Waals surface area contributed by atoms with Gasteiger partial charge in [0.15, 0.2) is 0 Å². The third-order valence-electron chi connectivity index (χ3n) is 3.57. The van der Waals surface area contributed by atoms with Gasteiger partial charge in [0.05, 0.1) is 24.7 Å². The molecule has 0 aromatic heterocycles. The Morgan fingerprint density at radius 3 is 2.73 bits per heavy atom. The van der Waals surface area contributed by atoms with E-state index < -0.39 is 15.9 Å². The average molecular weight is 407 g/mol. The Bertz CT molecular complexity index is 723. The summed E-state index contributed by atoms with van der Waals surface area (Å²) in [6, 6.07) is 5.79. The maximum absolute atomic E-state index is 11.9. The smallest absolute Gasteiger partial charge is 0.243 e. The number of carbonyl (C=O) groups excluding carboxylic acids is 2. The zero-order valence-corrected chi connectivity index (χ0v) is 15.9. The van der Waals surface area contributed by atoms with Gasteiger partial charge in [0, 0.05) is 24.7 Å². The molecule has 0 bridgehead atoms. The molecular weight excluding hydrogens is 384 g/mol. The summed E-state index contributed by atoms with van der Waals surface area (Å²) in [6.45, 7) is 1.59. The van der Waals surface area contributed by atoms with Crippen molar-refractivity contribution in [3.8, 4) is 0 Å². The zero-order valence-electron chi connectivity index (χ0n) is 14.3. The lowest BCUT2D eigenvalue weighted by Gasteiger charge is -2.23. The van der Waals surface area contributed by atoms with E-state index in [-0.39, 0.29) is 42.2 Å². The van der Waals surface area contributed by atoms with Crippen molar-refractivity contribution < 1.29 is 22.7 Å². The number of morpholine rings is 1. The quantitative estimate of drug-likeness (QED) is 0.481. The minimum atomic E-state index is -3.59. The van der Waals surface area contributed by atoms with Gasteiger partial charge in [-0.3, -0.25) is 9.59 Å². The first-order valence-electron chi connectivity index (χ1n) is 7.82. The van der Waals surface area contributed by atoms with E-state index in [4.69, 9.17) is 4.74 Å². The molecule has 26 heavy (non-hydrogen) atoms. The Kier molecular flexibility index (Phi) is 8.96. The summed E-state index contributed by atoms with van der Waals surface area (Å²) in [7, 11) is -2.28. The van der Waals surface area contributed by atoms with Crippen molar-refractivity contribution in [2.24, 2.45) is 0 Å².